The molecule has 16 heteroatoms. The van der Waals surface area contributed by atoms with Crippen LogP contribution in [-0.2, 0) is 22.3 Å². The number of ether oxygens (including phenoxy) is 1. The zero-order valence-corrected chi connectivity index (χ0v) is 27.8. The molecular formula is C33H29Cl2F3N8O3. The van der Waals surface area contributed by atoms with E-state index in [1.807, 2.05) is 0 Å². The number of aromatic nitrogens is 5. The second-order valence-corrected chi connectivity index (χ2v) is 12.6. The van der Waals surface area contributed by atoms with Gasteiger partial charge < -0.3 is 15.4 Å². The Kier molecular flexibility index (Phi) is 9.22. The fraction of sp³-hybridized carbons (Fsp3) is 0.273. The standard InChI is InChI=1S/C33H29Cl2F3N8O3/c1-32(2,31(48)49-3)44-19-13-7-15-46-24(19)16-23(45-46)29(47)41-21-11-5-9-18(26(21)35)17-8-4-10-20(25(17)34)40-28-27-22(12-6-14-39-27)42-30(43-28)33(36,37)38/h4-6,8-12,14,16,19,44H,7,13,15H2,1-3H3,(H,41,47)(H,40,42,43)/t19-/m0/s1. The number of pyridine rings is 1. The molecule has 0 radical (unpaired) electrons. The molecule has 0 aliphatic carbocycles. The van der Waals surface area contributed by atoms with E-state index in [1.54, 1.807) is 61.0 Å². The lowest BCUT2D eigenvalue weighted by Crippen LogP contribution is -2.50. The first-order chi connectivity index (χ1) is 23.3. The molecule has 254 valence electrons. The SMILES string of the molecule is COC(=O)C(C)(C)N[C@H]1CCCn2nc(C(=O)Nc3cccc(-c4cccc(Nc5nc(C(F)(F)F)nc6cccnc56)c4Cl)c3Cl)cc21. The van der Waals surface area contributed by atoms with Crippen LogP contribution in [0.3, 0.4) is 0 Å². The van der Waals surface area contributed by atoms with E-state index < -0.39 is 29.4 Å². The highest BCUT2D eigenvalue weighted by Gasteiger charge is 2.36. The van der Waals surface area contributed by atoms with Gasteiger partial charge in [-0.25, -0.2) is 9.97 Å². The first kappa shape index (κ1) is 34.1. The quantitative estimate of drug-likeness (QED) is 0.139. The van der Waals surface area contributed by atoms with Crippen molar-refractivity contribution in [3.8, 4) is 11.1 Å². The van der Waals surface area contributed by atoms with E-state index in [4.69, 9.17) is 27.9 Å². The van der Waals surface area contributed by atoms with Crippen molar-refractivity contribution in [1.82, 2.24) is 30.0 Å². The molecule has 1 aliphatic rings. The number of alkyl halides is 3. The number of carbonyl (C=O) groups is 2. The Labute approximate surface area is 288 Å². The molecular weight excluding hydrogens is 684 g/mol. The monoisotopic (exact) mass is 712 g/mol. The summed E-state index contributed by atoms with van der Waals surface area (Å²) in [5.74, 6) is -2.42. The van der Waals surface area contributed by atoms with Crippen LogP contribution in [0.2, 0.25) is 10.0 Å². The second-order valence-electron chi connectivity index (χ2n) is 11.8. The van der Waals surface area contributed by atoms with Crippen molar-refractivity contribution >= 4 is 63.3 Å². The minimum absolute atomic E-state index is 0.00136. The molecule has 0 bridgehead atoms. The van der Waals surface area contributed by atoms with Crippen molar-refractivity contribution in [3.05, 3.63) is 88.1 Å². The molecule has 3 N–H and O–H groups in total. The van der Waals surface area contributed by atoms with E-state index in [-0.39, 0.29) is 50.0 Å². The average Bonchev–Trinajstić information content (AvgIpc) is 3.52. The minimum Gasteiger partial charge on any atom is -0.468 e. The molecule has 5 aromatic rings. The Bertz CT molecular complexity index is 2090. The van der Waals surface area contributed by atoms with Crippen molar-refractivity contribution in [2.45, 2.75) is 51.0 Å². The van der Waals surface area contributed by atoms with Crippen LogP contribution in [0.4, 0.5) is 30.4 Å². The Morgan fingerprint density at radius 2 is 1.67 bits per heavy atom. The molecule has 4 heterocycles. The van der Waals surface area contributed by atoms with E-state index in [9.17, 15) is 22.8 Å². The van der Waals surface area contributed by atoms with Gasteiger partial charge in [-0.3, -0.25) is 24.6 Å². The number of nitrogens with zero attached hydrogens (tertiary/aromatic N) is 5. The van der Waals surface area contributed by atoms with Gasteiger partial charge in [0.15, 0.2) is 11.5 Å². The van der Waals surface area contributed by atoms with Gasteiger partial charge in [0.1, 0.15) is 11.1 Å². The number of halogens is 5. The normalized spacial score (nSPS) is 14.7. The number of hydrogen-bond acceptors (Lipinski definition) is 9. The average molecular weight is 714 g/mol. The Morgan fingerprint density at radius 3 is 2.37 bits per heavy atom. The minimum atomic E-state index is -4.79. The summed E-state index contributed by atoms with van der Waals surface area (Å²) in [4.78, 5) is 37.1. The van der Waals surface area contributed by atoms with E-state index in [0.717, 1.165) is 18.5 Å². The number of nitrogens with one attached hydrogen (secondary N) is 3. The highest BCUT2D eigenvalue weighted by atomic mass is 35.5. The van der Waals surface area contributed by atoms with E-state index in [2.05, 4.69) is 36.0 Å². The van der Waals surface area contributed by atoms with Crippen molar-refractivity contribution in [2.75, 3.05) is 17.7 Å². The molecule has 0 saturated carbocycles. The fourth-order valence-corrected chi connectivity index (χ4v) is 6.21. The van der Waals surface area contributed by atoms with E-state index >= 15 is 0 Å². The molecule has 6 rings (SSSR count). The van der Waals surface area contributed by atoms with Crippen molar-refractivity contribution in [2.24, 2.45) is 0 Å². The lowest BCUT2D eigenvalue weighted by Gasteiger charge is -2.32. The van der Waals surface area contributed by atoms with Crippen LogP contribution in [0.15, 0.2) is 60.8 Å². The zero-order valence-electron chi connectivity index (χ0n) is 26.3. The van der Waals surface area contributed by atoms with Crippen molar-refractivity contribution in [1.29, 1.82) is 0 Å². The predicted octanol–water partition coefficient (Wildman–Crippen LogP) is 7.59. The maximum absolute atomic E-state index is 13.6. The molecule has 1 atom stereocenters. The van der Waals surface area contributed by atoms with Gasteiger partial charge in [-0.05, 0) is 57.0 Å². The third-order valence-corrected chi connectivity index (χ3v) is 8.81. The number of esters is 1. The third-order valence-electron chi connectivity index (χ3n) is 7.99. The number of amides is 1. The van der Waals surface area contributed by atoms with Gasteiger partial charge >= 0.3 is 12.1 Å². The van der Waals surface area contributed by atoms with Crippen LogP contribution in [0.1, 0.15) is 54.7 Å². The van der Waals surface area contributed by atoms with Crippen LogP contribution < -0.4 is 16.0 Å². The number of fused-ring (bicyclic) bond motifs is 2. The molecule has 3 aromatic heterocycles. The van der Waals surface area contributed by atoms with Gasteiger partial charge in [0.2, 0.25) is 5.82 Å². The number of rotatable bonds is 8. The smallest absolute Gasteiger partial charge is 0.451 e. The summed E-state index contributed by atoms with van der Waals surface area (Å²) in [5, 5.41) is 13.8. The van der Waals surface area contributed by atoms with Crippen molar-refractivity contribution in [3.63, 3.8) is 0 Å². The first-order valence-corrected chi connectivity index (χ1v) is 15.8. The van der Waals surface area contributed by atoms with E-state index in [0.29, 0.717) is 17.7 Å². The summed E-state index contributed by atoms with van der Waals surface area (Å²) in [6.07, 6.45) is -1.84. The largest absolute Gasteiger partial charge is 0.468 e. The first-order valence-electron chi connectivity index (χ1n) is 15.1. The lowest BCUT2D eigenvalue weighted by molar-refractivity contribution is -0.147. The summed E-state index contributed by atoms with van der Waals surface area (Å²) < 4.78 is 47.4. The summed E-state index contributed by atoms with van der Waals surface area (Å²) in [7, 11) is 1.33. The van der Waals surface area contributed by atoms with E-state index in [1.165, 1.54) is 25.4 Å². The topological polar surface area (TPSA) is 136 Å². The second kappa shape index (κ2) is 13.3. The van der Waals surface area contributed by atoms with Gasteiger partial charge in [0.05, 0.1) is 45.8 Å². The molecule has 1 aliphatic heterocycles. The van der Waals surface area contributed by atoms with Crippen LogP contribution in [-0.4, -0.2) is 49.3 Å². The Hall–Kier alpha value is -4.79. The molecule has 0 unspecified atom stereocenters. The van der Waals surface area contributed by atoms with Gasteiger partial charge in [-0.15, -0.1) is 0 Å². The number of hydrogen-bond donors (Lipinski definition) is 3. The summed E-state index contributed by atoms with van der Waals surface area (Å²) in [6, 6.07) is 14.2. The van der Waals surface area contributed by atoms with Crippen LogP contribution >= 0.6 is 23.2 Å². The van der Waals surface area contributed by atoms with Gasteiger partial charge in [-0.1, -0.05) is 47.5 Å². The number of aryl methyl sites for hydroxylation is 1. The highest BCUT2D eigenvalue weighted by molar-refractivity contribution is 6.39. The maximum Gasteiger partial charge on any atom is 0.451 e. The van der Waals surface area contributed by atoms with Gasteiger partial charge in [-0.2, -0.15) is 18.3 Å². The summed E-state index contributed by atoms with van der Waals surface area (Å²) in [6.45, 7) is 4.07. The molecule has 11 nitrogen and oxygen atoms in total. The Balaban J connectivity index is 1.27. The molecule has 1 amide bonds. The number of carbonyl (C=O) groups excluding carboxylic acids is 2. The predicted molar refractivity (Wildman–Crippen MR) is 179 cm³/mol. The maximum atomic E-state index is 13.6. The number of methoxy groups -OCH3 is 1. The van der Waals surface area contributed by atoms with Crippen LogP contribution in [0.25, 0.3) is 22.2 Å². The third kappa shape index (κ3) is 6.89. The number of benzene rings is 2. The Morgan fingerprint density at radius 1 is 0.980 bits per heavy atom. The zero-order chi connectivity index (χ0) is 35.1. The summed E-state index contributed by atoms with van der Waals surface area (Å²) in [5.41, 5.74) is 1.51. The summed E-state index contributed by atoms with van der Waals surface area (Å²) >= 11 is 13.6. The van der Waals surface area contributed by atoms with Gasteiger partial charge in [0.25, 0.3) is 5.91 Å². The van der Waals surface area contributed by atoms with Crippen molar-refractivity contribution < 1.29 is 27.5 Å². The molecule has 0 spiro atoms. The van der Waals surface area contributed by atoms with Crippen LogP contribution in [0, 0.1) is 0 Å². The van der Waals surface area contributed by atoms with Crippen LogP contribution in [0.5, 0.6) is 0 Å². The fourth-order valence-electron chi connectivity index (χ4n) is 5.66. The lowest BCUT2D eigenvalue weighted by atomic mass is 9.98. The molecule has 0 saturated heterocycles. The molecule has 49 heavy (non-hydrogen) atoms. The number of anilines is 3. The molecule has 0 fully saturated rings. The molecule has 2 aromatic carbocycles. The highest BCUT2D eigenvalue weighted by Crippen LogP contribution is 2.41. The van der Waals surface area contributed by atoms with Gasteiger partial charge in [0, 0.05) is 23.9 Å².